The zero-order valence-electron chi connectivity index (χ0n) is 18.4. The molecule has 5 aromatic rings. The van der Waals surface area contributed by atoms with Gasteiger partial charge in [-0.15, -0.1) is 0 Å². The molecule has 168 valence electrons. The summed E-state index contributed by atoms with van der Waals surface area (Å²) in [5.74, 6) is -1.16. The van der Waals surface area contributed by atoms with E-state index in [4.69, 9.17) is 5.73 Å². The van der Waals surface area contributed by atoms with Crippen molar-refractivity contribution in [3.8, 4) is 22.4 Å². The second-order valence-corrected chi connectivity index (χ2v) is 7.65. The number of carboxylic acids is 1. The van der Waals surface area contributed by atoms with Gasteiger partial charge in [-0.1, -0.05) is 84.9 Å². The number of para-hydroxylation sites is 1. The molecule has 0 saturated carbocycles. The third kappa shape index (κ3) is 5.34. The number of nitrogens with two attached hydrogens (primary N) is 1. The highest BCUT2D eigenvalue weighted by Gasteiger charge is 2.12. The van der Waals surface area contributed by atoms with Crippen LogP contribution in [0.15, 0.2) is 109 Å². The SMILES string of the molecule is NCc1ccc(F)cc1.O=C(O)c1cc(-c2ccc(-c3ccccc3)cc2)nc2ccccc12. The smallest absolute Gasteiger partial charge is 0.336 e. The normalized spacial score (nSPS) is 10.4. The Balaban J connectivity index is 0.000000257. The molecule has 4 nitrogen and oxygen atoms in total. The summed E-state index contributed by atoms with van der Waals surface area (Å²) in [6.07, 6.45) is 0. The number of carboxylic acid groups (broad SMARTS) is 1. The molecule has 0 aliphatic heterocycles. The molecule has 0 saturated heterocycles. The lowest BCUT2D eigenvalue weighted by atomic mass is 10.0. The van der Waals surface area contributed by atoms with Crippen LogP contribution < -0.4 is 5.73 Å². The molecule has 3 N–H and O–H groups in total. The highest BCUT2D eigenvalue weighted by atomic mass is 19.1. The monoisotopic (exact) mass is 450 g/mol. The Morgan fingerprint density at radius 2 is 1.35 bits per heavy atom. The van der Waals surface area contributed by atoms with Gasteiger partial charge in [-0.2, -0.15) is 0 Å². The van der Waals surface area contributed by atoms with Gasteiger partial charge in [0.15, 0.2) is 0 Å². The molecule has 0 bridgehead atoms. The first-order valence-corrected chi connectivity index (χ1v) is 10.8. The molecule has 4 aromatic carbocycles. The average Bonchev–Trinajstić information content (AvgIpc) is 2.89. The summed E-state index contributed by atoms with van der Waals surface area (Å²) in [4.78, 5) is 16.2. The highest BCUT2D eigenvalue weighted by molar-refractivity contribution is 6.03. The molecule has 1 heterocycles. The van der Waals surface area contributed by atoms with Gasteiger partial charge in [-0.25, -0.2) is 14.2 Å². The van der Waals surface area contributed by atoms with Crippen molar-refractivity contribution < 1.29 is 14.3 Å². The van der Waals surface area contributed by atoms with E-state index in [1.54, 1.807) is 24.3 Å². The molecule has 0 atom stereocenters. The van der Waals surface area contributed by atoms with Crippen LogP contribution in [0.4, 0.5) is 4.39 Å². The number of hydrogen-bond donors (Lipinski definition) is 2. The van der Waals surface area contributed by atoms with E-state index in [1.807, 2.05) is 60.7 Å². The van der Waals surface area contributed by atoms with E-state index in [-0.39, 0.29) is 11.4 Å². The molecule has 34 heavy (non-hydrogen) atoms. The van der Waals surface area contributed by atoms with Crippen LogP contribution in [-0.4, -0.2) is 16.1 Å². The predicted octanol–water partition coefficient (Wildman–Crippen LogP) is 6.55. The molecule has 0 aliphatic rings. The minimum Gasteiger partial charge on any atom is -0.478 e. The van der Waals surface area contributed by atoms with Gasteiger partial charge < -0.3 is 10.8 Å². The van der Waals surface area contributed by atoms with Crippen LogP contribution in [0.5, 0.6) is 0 Å². The molecule has 0 aliphatic carbocycles. The van der Waals surface area contributed by atoms with Gasteiger partial charge in [-0.05, 0) is 41.0 Å². The Labute approximate surface area is 197 Å². The molecule has 5 heteroatoms. The number of nitrogens with zero attached hydrogens (tertiary/aromatic N) is 1. The Hall–Kier alpha value is -4.35. The highest BCUT2D eigenvalue weighted by Crippen LogP contribution is 2.27. The minimum absolute atomic E-state index is 0.216. The van der Waals surface area contributed by atoms with Crippen molar-refractivity contribution in [2.75, 3.05) is 0 Å². The van der Waals surface area contributed by atoms with E-state index in [2.05, 4.69) is 17.1 Å². The van der Waals surface area contributed by atoms with Gasteiger partial charge >= 0.3 is 5.97 Å². The maximum absolute atomic E-state index is 12.2. The lowest BCUT2D eigenvalue weighted by Crippen LogP contribution is -2.00. The topological polar surface area (TPSA) is 76.2 Å². The fourth-order valence-corrected chi connectivity index (χ4v) is 3.58. The van der Waals surface area contributed by atoms with Crippen LogP contribution in [0.1, 0.15) is 15.9 Å². The number of fused-ring (bicyclic) bond motifs is 1. The Morgan fingerprint density at radius 1 is 0.765 bits per heavy atom. The van der Waals surface area contributed by atoms with Crippen LogP contribution in [0.2, 0.25) is 0 Å². The summed E-state index contributed by atoms with van der Waals surface area (Å²) in [5.41, 5.74) is 11.0. The summed E-state index contributed by atoms with van der Waals surface area (Å²) in [6.45, 7) is 0.472. The summed E-state index contributed by atoms with van der Waals surface area (Å²) < 4.78 is 12.2. The number of aromatic nitrogens is 1. The van der Waals surface area contributed by atoms with Gasteiger partial charge in [0.1, 0.15) is 5.82 Å². The first kappa shape index (κ1) is 22.8. The van der Waals surface area contributed by atoms with Gasteiger partial charge in [0, 0.05) is 17.5 Å². The third-order valence-corrected chi connectivity index (χ3v) is 5.38. The number of hydrogen-bond acceptors (Lipinski definition) is 3. The molecule has 0 radical (unpaired) electrons. The lowest BCUT2D eigenvalue weighted by Gasteiger charge is -2.08. The minimum atomic E-state index is -0.944. The fourth-order valence-electron chi connectivity index (χ4n) is 3.58. The number of benzene rings is 4. The van der Waals surface area contributed by atoms with Gasteiger partial charge in [0.2, 0.25) is 0 Å². The first-order valence-electron chi connectivity index (χ1n) is 10.8. The number of carbonyl (C=O) groups is 1. The lowest BCUT2D eigenvalue weighted by molar-refractivity contribution is 0.0699. The predicted molar refractivity (Wildman–Crippen MR) is 134 cm³/mol. The second kappa shape index (κ2) is 10.5. The van der Waals surface area contributed by atoms with E-state index in [9.17, 15) is 14.3 Å². The number of aromatic carboxylic acids is 1. The second-order valence-electron chi connectivity index (χ2n) is 7.65. The maximum atomic E-state index is 12.2. The molecule has 0 spiro atoms. The van der Waals surface area contributed by atoms with Crippen LogP contribution in [0.25, 0.3) is 33.3 Å². The summed E-state index contributed by atoms with van der Waals surface area (Å²) in [6, 6.07) is 33.3. The maximum Gasteiger partial charge on any atom is 0.336 e. The fraction of sp³-hybridized carbons (Fsp3) is 0.0345. The molecule has 5 rings (SSSR count). The summed E-state index contributed by atoms with van der Waals surface area (Å²) >= 11 is 0. The Kier molecular flexibility index (Phi) is 7.06. The number of pyridine rings is 1. The van der Waals surface area contributed by atoms with Crippen LogP contribution >= 0.6 is 0 Å². The largest absolute Gasteiger partial charge is 0.478 e. The van der Waals surface area contributed by atoms with Crippen molar-refractivity contribution in [3.05, 3.63) is 126 Å². The molecular weight excluding hydrogens is 427 g/mol. The summed E-state index contributed by atoms with van der Waals surface area (Å²) in [7, 11) is 0. The van der Waals surface area contributed by atoms with Gasteiger partial charge in [0.05, 0.1) is 16.8 Å². The van der Waals surface area contributed by atoms with Crippen molar-refractivity contribution in [3.63, 3.8) is 0 Å². The third-order valence-electron chi connectivity index (χ3n) is 5.38. The van der Waals surface area contributed by atoms with Crippen molar-refractivity contribution in [2.45, 2.75) is 6.54 Å². The van der Waals surface area contributed by atoms with E-state index in [0.717, 1.165) is 22.3 Å². The van der Waals surface area contributed by atoms with E-state index in [1.165, 1.54) is 12.1 Å². The van der Waals surface area contributed by atoms with Crippen LogP contribution in [0, 0.1) is 5.82 Å². The molecule has 0 amide bonds. The van der Waals surface area contributed by atoms with Crippen molar-refractivity contribution >= 4 is 16.9 Å². The van der Waals surface area contributed by atoms with Gasteiger partial charge in [-0.3, -0.25) is 0 Å². The van der Waals surface area contributed by atoms with Crippen LogP contribution in [-0.2, 0) is 6.54 Å². The van der Waals surface area contributed by atoms with E-state index in [0.29, 0.717) is 23.1 Å². The van der Waals surface area contributed by atoms with E-state index >= 15 is 0 Å². The van der Waals surface area contributed by atoms with Crippen molar-refractivity contribution in [1.82, 2.24) is 4.98 Å². The number of halogens is 1. The quantitative estimate of drug-likeness (QED) is 0.325. The van der Waals surface area contributed by atoms with E-state index < -0.39 is 5.97 Å². The average molecular weight is 451 g/mol. The Bertz CT molecular complexity index is 1400. The van der Waals surface area contributed by atoms with Crippen molar-refractivity contribution in [1.29, 1.82) is 0 Å². The van der Waals surface area contributed by atoms with Crippen molar-refractivity contribution in [2.24, 2.45) is 5.73 Å². The van der Waals surface area contributed by atoms with Crippen LogP contribution in [0.3, 0.4) is 0 Å². The standard InChI is InChI=1S/C22H15NO2.C7H8FN/c24-22(25)19-14-21(23-20-9-5-4-8-18(19)20)17-12-10-16(11-13-17)15-6-2-1-3-7-15;8-7-3-1-6(5-9)2-4-7/h1-14H,(H,24,25);1-4H,5,9H2. The first-order chi connectivity index (χ1) is 16.5. The summed E-state index contributed by atoms with van der Waals surface area (Å²) in [5, 5.41) is 10.2. The molecule has 0 unspecified atom stereocenters. The zero-order valence-corrected chi connectivity index (χ0v) is 18.4. The Morgan fingerprint density at radius 3 is 2.00 bits per heavy atom. The molecule has 0 fully saturated rings. The molecular formula is C29H23FN2O2. The number of rotatable bonds is 4. The zero-order chi connectivity index (χ0) is 23.9. The van der Waals surface area contributed by atoms with Gasteiger partial charge in [0.25, 0.3) is 0 Å². The molecule has 1 aromatic heterocycles.